The lowest BCUT2D eigenvalue weighted by Crippen LogP contribution is -2.50. The summed E-state index contributed by atoms with van der Waals surface area (Å²) in [6.07, 6.45) is 0.819. The Morgan fingerprint density at radius 1 is 1.29 bits per heavy atom. The molecule has 7 nitrogen and oxygen atoms in total. The Kier molecular flexibility index (Phi) is 7.18. The maximum absolute atomic E-state index is 13.1. The lowest BCUT2D eigenvalue weighted by atomic mass is 9.88. The molecule has 2 atom stereocenters. The fourth-order valence-electron chi connectivity index (χ4n) is 3.67. The van der Waals surface area contributed by atoms with Crippen molar-refractivity contribution in [2.24, 2.45) is 11.3 Å². The Hall–Kier alpha value is -2.41. The van der Waals surface area contributed by atoms with E-state index in [1.165, 1.54) is 12.0 Å². The Labute approximate surface area is 166 Å². The molecule has 2 N–H and O–H groups in total. The number of amides is 2. The van der Waals surface area contributed by atoms with E-state index in [1.54, 1.807) is 12.1 Å². The van der Waals surface area contributed by atoms with Gasteiger partial charge in [-0.2, -0.15) is 0 Å². The van der Waals surface area contributed by atoms with Gasteiger partial charge in [0, 0.05) is 25.8 Å². The number of methoxy groups -OCH3 is 1. The quantitative estimate of drug-likeness (QED) is 0.709. The van der Waals surface area contributed by atoms with Gasteiger partial charge >= 0.3 is 5.97 Å². The number of benzene rings is 1. The standard InChI is InChI=1S/C21H30N2O5/c1-14(2)11-17(22-18(24)16-8-6-5-7-15(16)3)19(25)23-10-9-21(12-23,13-28-4)20(26)27/h5-8,14,17H,9-13H2,1-4H3,(H,22,24)(H,26,27). The minimum atomic E-state index is -1.09. The summed E-state index contributed by atoms with van der Waals surface area (Å²) in [6, 6.07) is 6.52. The van der Waals surface area contributed by atoms with E-state index in [0.717, 1.165) is 5.56 Å². The molecule has 7 heteroatoms. The van der Waals surface area contributed by atoms with Crippen LogP contribution in [0, 0.1) is 18.3 Å². The van der Waals surface area contributed by atoms with Crippen molar-refractivity contribution in [1.82, 2.24) is 10.2 Å². The van der Waals surface area contributed by atoms with Crippen LogP contribution < -0.4 is 5.32 Å². The summed E-state index contributed by atoms with van der Waals surface area (Å²) in [5.41, 5.74) is 0.277. The van der Waals surface area contributed by atoms with Crippen LogP contribution in [0.1, 0.15) is 42.6 Å². The fraction of sp³-hybridized carbons (Fsp3) is 0.571. The van der Waals surface area contributed by atoms with Gasteiger partial charge in [-0.25, -0.2) is 0 Å². The van der Waals surface area contributed by atoms with E-state index in [4.69, 9.17) is 4.74 Å². The normalized spacial score (nSPS) is 20.2. The molecule has 0 saturated carbocycles. The number of aryl methyl sites for hydroxylation is 1. The summed E-state index contributed by atoms with van der Waals surface area (Å²) in [5.74, 6) is -1.31. The number of carboxylic acids is 1. The third-order valence-corrected chi connectivity index (χ3v) is 5.24. The molecule has 2 amide bonds. The zero-order valence-corrected chi connectivity index (χ0v) is 17.0. The highest BCUT2D eigenvalue weighted by Crippen LogP contribution is 2.32. The molecular weight excluding hydrogens is 360 g/mol. The Morgan fingerprint density at radius 3 is 2.54 bits per heavy atom. The molecule has 1 fully saturated rings. The first-order chi connectivity index (χ1) is 13.2. The molecule has 1 aromatic carbocycles. The van der Waals surface area contributed by atoms with Crippen molar-refractivity contribution < 1.29 is 24.2 Å². The van der Waals surface area contributed by atoms with E-state index in [9.17, 15) is 19.5 Å². The number of carbonyl (C=O) groups is 3. The predicted octanol–water partition coefficient (Wildman–Crippen LogP) is 2.09. The molecule has 1 aromatic rings. The minimum Gasteiger partial charge on any atom is -0.481 e. The molecule has 0 radical (unpaired) electrons. The van der Waals surface area contributed by atoms with Gasteiger partial charge in [-0.3, -0.25) is 14.4 Å². The van der Waals surface area contributed by atoms with Crippen molar-refractivity contribution in [3.05, 3.63) is 35.4 Å². The first-order valence-electron chi connectivity index (χ1n) is 9.58. The summed E-state index contributed by atoms with van der Waals surface area (Å²) in [6.45, 7) is 6.29. The van der Waals surface area contributed by atoms with E-state index >= 15 is 0 Å². The molecule has 1 heterocycles. The first kappa shape index (κ1) is 21.9. The van der Waals surface area contributed by atoms with Gasteiger partial charge in [0.1, 0.15) is 11.5 Å². The predicted molar refractivity (Wildman–Crippen MR) is 105 cm³/mol. The number of hydrogen-bond acceptors (Lipinski definition) is 4. The van der Waals surface area contributed by atoms with Crippen molar-refractivity contribution in [3.63, 3.8) is 0 Å². The number of aliphatic carboxylic acids is 1. The van der Waals surface area contributed by atoms with Crippen LogP contribution in [0.4, 0.5) is 0 Å². The summed E-state index contributed by atoms with van der Waals surface area (Å²) in [7, 11) is 1.46. The zero-order chi connectivity index (χ0) is 20.9. The maximum atomic E-state index is 13.1. The summed E-state index contributed by atoms with van der Waals surface area (Å²) in [5, 5.41) is 12.5. The molecule has 0 bridgehead atoms. The van der Waals surface area contributed by atoms with Crippen LogP contribution >= 0.6 is 0 Å². The summed E-state index contributed by atoms with van der Waals surface area (Å²) < 4.78 is 5.09. The molecule has 28 heavy (non-hydrogen) atoms. The van der Waals surface area contributed by atoms with E-state index in [2.05, 4.69) is 5.32 Å². The smallest absolute Gasteiger partial charge is 0.313 e. The van der Waals surface area contributed by atoms with Gasteiger partial charge in [0.05, 0.1) is 6.61 Å². The summed E-state index contributed by atoms with van der Waals surface area (Å²) in [4.78, 5) is 39.1. The van der Waals surface area contributed by atoms with E-state index in [0.29, 0.717) is 24.9 Å². The van der Waals surface area contributed by atoms with Gasteiger partial charge in [0.25, 0.3) is 5.91 Å². The van der Waals surface area contributed by atoms with Gasteiger partial charge in [0.15, 0.2) is 0 Å². The van der Waals surface area contributed by atoms with Crippen molar-refractivity contribution in [2.45, 2.75) is 39.7 Å². The molecule has 154 valence electrons. The van der Waals surface area contributed by atoms with Gasteiger partial charge in [-0.05, 0) is 37.3 Å². The largest absolute Gasteiger partial charge is 0.481 e. The molecule has 2 unspecified atom stereocenters. The van der Waals surface area contributed by atoms with E-state index < -0.39 is 17.4 Å². The molecule has 0 spiro atoms. The molecule has 0 aromatic heterocycles. The molecular formula is C21H30N2O5. The van der Waals surface area contributed by atoms with Crippen LogP contribution in [0.2, 0.25) is 0 Å². The number of carbonyl (C=O) groups excluding carboxylic acids is 2. The van der Waals surface area contributed by atoms with Crippen molar-refractivity contribution >= 4 is 17.8 Å². The average Bonchev–Trinajstić information content (AvgIpc) is 3.06. The topological polar surface area (TPSA) is 95.9 Å². The number of rotatable bonds is 8. The number of carboxylic acid groups (broad SMARTS) is 1. The highest BCUT2D eigenvalue weighted by Gasteiger charge is 2.47. The number of nitrogens with zero attached hydrogens (tertiary/aromatic N) is 1. The van der Waals surface area contributed by atoms with Gasteiger partial charge in [0.2, 0.25) is 5.91 Å². The Balaban J connectivity index is 2.17. The molecule has 1 aliphatic rings. The van der Waals surface area contributed by atoms with Crippen LogP contribution in [0.15, 0.2) is 24.3 Å². The fourth-order valence-corrected chi connectivity index (χ4v) is 3.67. The molecule has 0 aliphatic carbocycles. The number of nitrogens with one attached hydrogen (secondary N) is 1. The van der Waals surface area contributed by atoms with Crippen molar-refractivity contribution in [1.29, 1.82) is 0 Å². The van der Waals surface area contributed by atoms with Gasteiger partial charge in [-0.15, -0.1) is 0 Å². The third-order valence-electron chi connectivity index (χ3n) is 5.24. The maximum Gasteiger partial charge on any atom is 0.313 e. The highest BCUT2D eigenvalue weighted by molar-refractivity contribution is 5.98. The van der Waals surface area contributed by atoms with E-state index in [-0.39, 0.29) is 30.9 Å². The van der Waals surface area contributed by atoms with Crippen LogP contribution in [0.3, 0.4) is 0 Å². The van der Waals surface area contributed by atoms with Crippen molar-refractivity contribution in [3.8, 4) is 0 Å². The highest BCUT2D eigenvalue weighted by atomic mass is 16.5. The molecule has 1 saturated heterocycles. The number of hydrogen-bond donors (Lipinski definition) is 2. The van der Waals surface area contributed by atoms with Crippen molar-refractivity contribution in [2.75, 3.05) is 26.8 Å². The SMILES string of the molecule is COCC1(C(=O)O)CCN(C(=O)C(CC(C)C)NC(=O)c2ccccc2C)C1. The third kappa shape index (κ3) is 4.90. The molecule has 1 aliphatic heterocycles. The van der Waals surface area contributed by atoms with Crippen LogP contribution in [-0.2, 0) is 14.3 Å². The lowest BCUT2D eigenvalue weighted by Gasteiger charge is -2.28. The minimum absolute atomic E-state index is 0.0521. The second-order valence-corrected chi connectivity index (χ2v) is 8.00. The van der Waals surface area contributed by atoms with Crippen LogP contribution in [0.25, 0.3) is 0 Å². The van der Waals surface area contributed by atoms with Gasteiger partial charge in [-0.1, -0.05) is 32.0 Å². The van der Waals surface area contributed by atoms with Crippen LogP contribution in [-0.4, -0.2) is 60.6 Å². The lowest BCUT2D eigenvalue weighted by molar-refractivity contribution is -0.151. The Morgan fingerprint density at radius 2 is 1.96 bits per heavy atom. The second kappa shape index (κ2) is 9.19. The van der Waals surface area contributed by atoms with E-state index in [1.807, 2.05) is 32.9 Å². The average molecular weight is 390 g/mol. The second-order valence-electron chi connectivity index (χ2n) is 8.00. The molecule has 2 rings (SSSR count). The number of ether oxygens (including phenoxy) is 1. The van der Waals surface area contributed by atoms with Gasteiger partial charge < -0.3 is 20.1 Å². The monoisotopic (exact) mass is 390 g/mol. The first-order valence-corrected chi connectivity index (χ1v) is 9.58. The van der Waals surface area contributed by atoms with Crippen LogP contribution in [0.5, 0.6) is 0 Å². The number of likely N-dealkylation sites (tertiary alicyclic amines) is 1. The zero-order valence-electron chi connectivity index (χ0n) is 17.0. The Bertz CT molecular complexity index is 733. The summed E-state index contributed by atoms with van der Waals surface area (Å²) >= 11 is 0.